The summed E-state index contributed by atoms with van der Waals surface area (Å²) in [5, 5.41) is 2.16. The summed E-state index contributed by atoms with van der Waals surface area (Å²) >= 11 is 0. The first-order valence-corrected chi connectivity index (χ1v) is 5.91. The molecule has 1 fully saturated rings. The Hall–Kier alpha value is -2.29. The minimum Gasteiger partial charge on any atom is -0.333 e. The van der Waals surface area contributed by atoms with Gasteiger partial charge in [0.05, 0.1) is 6.54 Å². The van der Waals surface area contributed by atoms with E-state index in [0.29, 0.717) is 12.5 Å². The summed E-state index contributed by atoms with van der Waals surface area (Å²) in [5.74, 6) is 1.36. The number of carbonyl (C=O) groups is 2. The van der Waals surface area contributed by atoms with Crippen molar-refractivity contribution in [2.45, 2.75) is 19.4 Å². The summed E-state index contributed by atoms with van der Waals surface area (Å²) < 4.78 is 27.2. The molecule has 1 aromatic rings. The third-order valence-corrected chi connectivity index (χ3v) is 2.96. The third kappa shape index (κ3) is 2.39. The molecule has 1 aliphatic rings. The highest BCUT2D eigenvalue weighted by atomic mass is 19.1. The van der Waals surface area contributed by atoms with Crippen LogP contribution in [0, 0.1) is 11.6 Å². The van der Waals surface area contributed by atoms with Crippen LogP contribution in [0.4, 0.5) is 20.4 Å². The second-order valence-electron chi connectivity index (χ2n) is 4.23. The molecule has 2 amide bonds. The molecule has 7 nitrogen and oxygen atoms in total. The quantitative estimate of drug-likeness (QED) is 0.407. The number of hydrazine groups is 1. The molecule has 1 unspecified atom stereocenters. The van der Waals surface area contributed by atoms with E-state index >= 15 is 0 Å². The summed E-state index contributed by atoms with van der Waals surface area (Å²) in [7, 11) is 0. The number of halogens is 2. The van der Waals surface area contributed by atoms with Crippen molar-refractivity contribution in [2.24, 2.45) is 5.84 Å². The number of imide groups is 1. The normalized spacial score (nSPS) is 19.0. The molecule has 0 aromatic carbocycles. The molecule has 0 spiro atoms. The number of carbonyl (C=O) groups excluding carboxylic acids is 2. The van der Waals surface area contributed by atoms with Crippen LogP contribution in [0.15, 0.2) is 6.07 Å². The molecule has 4 N–H and O–H groups in total. The molecule has 9 heteroatoms. The van der Waals surface area contributed by atoms with Gasteiger partial charge in [0.2, 0.25) is 11.8 Å². The number of nitrogens with two attached hydrogens (primary N) is 1. The van der Waals surface area contributed by atoms with Gasteiger partial charge in [0, 0.05) is 6.07 Å². The van der Waals surface area contributed by atoms with Crippen molar-refractivity contribution in [1.29, 1.82) is 0 Å². The minimum atomic E-state index is -0.970. The van der Waals surface area contributed by atoms with E-state index in [-0.39, 0.29) is 18.2 Å². The molecule has 0 saturated carbocycles. The summed E-state index contributed by atoms with van der Waals surface area (Å²) in [4.78, 5) is 28.0. The van der Waals surface area contributed by atoms with Gasteiger partial charge in [-0.05, 0) is 6.42 Å². The fourth-order valence-electron chi connectivity index (χ4n) is 2.05. The first-order chi connectivity index (χ1) is 9.47. The van der Waals surface area contributed by atoms with Crippen LogP contribution in [0.3, 0.4) is 0 Å². The van der Waals surface area contributed by atoms with Gasteiger partial charge in [0.15, 0.2) is 23.3 Å². The standard InChI is InChI=1S/C11H13F2N5O2/c1-2-7-11(20)15-8(19)4-18(7)10-6(13)3-5(12)9(16-10)17-14/h3,7H,2,4,14H2,1H3,(H,16,17)(H,15,19,20). The lowest BCUT2D eigenvalue weighted by molar-refractivity contribution is -0.132. The van der Waals surface area contributed by atoms with Crippen LogP contribution in [-0.4, -0.2) is 29.4 Å². The molecule has 1 aliphatic heterocycles. The van der Waals surface area contributed by atoms with Crippen LogP contribution in [0.2, 0.25) is 0 Å². The predicted octanol–water partition coefficient (Wildman–Crippen LogP) is -0.113. The zero-order valence-electron chi connectivity index (χ0n) is 10.6. The molecule has 1 saturated heterocycles. The van der Waals surface area contributed by atoms with Gasteiger partial charge in [0.1, 0.15) is 6.04 Å². The molecule has 0 aliphatic carbocycles. The van der Waals surface area contributed by atoms with E-state index in [4.69, 9.17) is 5.84 Å². The SMILES string of the molecule is CCC1C(=O)NC(=O)CN1c1nc(NN)c(F)cc1F. The Morgan fingerprint density at radius 3 is 2.80 bits per heavy atom. The van der Waals surface area contributed by atoms with E-state index in [1.807, 2.05) is 5.43 Å². The monoisotopic (exact) mass is 285 g/mol. The molecular formula is C11H13F2N5O2. The summed E-state index contributed by atoms with van der Waals surface area (Å²) in [6.45, 7) is 1.46. The Kier molecular flexibility index (Phi) is 3.79. The number of nitrogen functional groups attached to an aromatic ring is 1. The molecular weight excluding hydrogens is 272 g/mol. The predicted molar refractivity (Wildman–Crippen MR) is 66.5 cm³/mol. The average molecular weight is 285 g/mol. The fourth-order valence-corrected chi connectivity index (χ4v) is 2.05. The lowest BCUT2D eigenvalue weighted by Crippen LogP contribution is -2.58. The van der Waals surface area contributed by atoms with Gasteiger partial charge in [-0.2, -0.15) is 0 Å². The van der Waals surface area contributed by atoms with Gasteiger partial charge in [0.25, 0.3) is 0 Å². The highest BCUT2D eigenvalue weighted by Gasteiger charge is 2.35. The molecule has 1 aromatic heterocycles. The second-order valence-corrected chi connectivity index (χ2v) is 4.23. The fraction of sp³-hybridized carbons (Fsp3) is 0.364. The Morgan fingerprint density at radius 2 is 2.20 bits per heavy atom. The summed E-state index contributed by atoms with van der Waals surface area (Å²) in [6.07, 6.45) is 0.336. The molecule has 2 rings (SSSR count). The maximum atomic E-state index is 13.9. The Bertz CT molecular complexity index is 566. The van der Waals surface area contributed by atoms with Crippen molar-refractivity contribution < 1.29 is 18.4 Å². The number of nitrogens with one attached hydrogen (secondary N) is 2. The van der Waals surface area contributed by atoms with Gasteiger partial charge in [-0.25, -0.2) is 19.6 Å². The van der Waals surface area contributed by atoms with Gasteiger partial charge < -0.3 is 10.3 Å². The second kappa shape index (κ2) is 5.37. The van der Waals surface area contributed by atoms with Crippen LogP contribution >= 0.6 is 0 Å². The number of anilines is 2. The first-order valence-electron chi connectivity index (χ1n) is 5.91. The number of amides is 2. The Morgan fingerprint density at radius 1 is 1.50 bits per heavy atom. The lowest BCUT2D eigenvalue weighted by Gasteiger charge is -2.34. The largest absolute Gasteiger partial charge is 0.333 e. The zero-order chi connectivity index (χ0) is 14.9. The average Bonchev–Trinajstić information content (AvgIpc) is 2.38. The van der Waals surface area contributed by atoms with Crippen molar-refractivity contribution in [3.8, 4) is 0 Å². The van der Waals surface area contributed by atoms with Crippen LogP contribution in [-0.2, 0) is 9.59 Å². The lowest BCUT2D eigenvalue weighted by atomic mass is 10.1. The maximum absolute atomic E-state index is 13.9. The highest BCUT2D eigenvalue weighted by Crippen LogP contribution is 2.25. The van der Waals surface area contributed by atoms with Gasteiger partial charge in [-0.15, -0.1) is 0 Å². The maximum Gasteiger partial charge on any atom is 0.249 e. The van der Waals surface area contributed by atoms with E-state index in [0.717, 1.165) is 0 Å². The number of pyridine rings is 1. The van der Waals surface area contributed by atoms with Crippen molar-refractivity contribution in [3.05, 3.63) is 17.7 Å². The van der Waals surface area contributed by atoms with E-state index in [9.17, 15) is 18.4 Å². The third-order valence-electron chi connectivity index (χ3n) is 2.96. The van der Waals surface area contributed by atoms with Gasteiger partial charge in [-0.1, -0.05) is 6.92 Å². The van der Waals surface area contributed by atoms with Crippen LogP contribution in [0.5, 0.6) is 0 Å². The van der Waals surface area contributed by atoms with Crippen molar-refractivity contribution in [1.82, 2.24) is 10.3 Å². The van der Waals surface area contributed by atoms with Crippen LogP contribution in [0.1, 0.15) is 13.3 Å². The molecule has 1 atom stereocenters. The van der Waals surface area contributed by atoms with Crippen molar-refractivity contribution >= 4 is 23.5 Å². The number of hydrogen-bond donors (Lipinski definition) is 3. The van der Waals surface area contributed by atoms with Crippen molar-refractivity contribution in [3.63, 3.8) is 0 Å². The van der Waals surface area contributed by atoms with Gasteiger partial charge >= 0.3 is 0 Å². The van der Waals surface area contributed by atoms with E-state index in [1.54, 1.807) is 6.92 Å². The van der Waals surface area contributed by atoms with E-state index < -0.39 is 29.5 Å². The molecule has 0 bridgehead atoms. The number of rotatable bonds is 3. The smallest absolute Gasteiger partial charge is 0.249 e. The Labute approximate surface area is 113 Å². The highest BCUT2D eigenvalue weighted by molar-refractivity contribution is 6.04. The molecule has 2 heterocycles. The van der Waals surface area contributed by atoms with Crippen molar-refractivity contribution in [2.75, 3.05) is 16.9 Å². The molecule has 20 heavy (non-hydrogen) atoms. The van der Waals surface area contributed by atoms with Gasteiger partial charge in [-0.3, -0.25) is 14.9 Å². The molecule has 0 radical (unpaired) electrons. The Balaban J connectivity index is 2.47. The van der Waals surface area contributed by atoms with Crippen LogP contribution < -0.4 is 21.5 Å². The minimum absolute atomic E-state index is 0.246. The van der Waals surface area contributed by atoms with Crippen LogP contribution in [0.25, 0.3) is 0 Å². The summed E-state index contributed by atoms with van der Waals surface area (Å²) in [6, 6.07) is -0.160. The first kappa shape index (κ1) is 14.1. The zero-order valence-corrected chi connectivity index (χ0v) is 10.6. The van der Waals surface area contributed by atoms with E-state index in [2.05, 4.69) is 10.3 Å². The number of aromatic nitrogens is 1. The topological polar surface area (TPSA) is 100 Å². The number of piperazine rings is 1. The number of hydrogen-bond acceptors (Lipinski definition) is 6. The van der Waals surface area contributed by atoms with E-state index in [1.165, 1.54) is 4.90 Å². The number of nitrogens with zero attached hydrogens (tertiary/aromatic N) is 2. The molecule has 108 valence electrons. The summed E-state index contributed by atoms with van der Waals surface area (Å²) in [5.41, 5.74) is 1.99.